The van der Waals surface area contributed by atoms with Crippen molar-refractivity contribution in [2.24, 2.45) is 0 Å². The first-order valence-electron chi connectivity index (χ1n) is 11.4. The minimum Gasteiger partial charge on any atom is -0.460 e. The van der Waals surface area contributed by atoms with E-state index in [1.54, 1.807) is 0 Å². The molecule has 11 heteroatoms. The molecule has 2 aromatic rings. The number of carbonyl (C=O) groups excluding carboxylic acids is 5. The van der Waals surface area contributed by atoms with Crippen molar-refractivity contribution >= 4 is 29.9 Å². The van der Waals surface area contributed by atoms with E-state index < -0.39 is 24.1 Å². The van der Waals surface area contributed by atoms with Crippen LogP contribution in [0.4, 0.5) is 9.59 Å². The Morgan fingerprint density at radius 3 is 1.29 bits per heavy atom. The van der Waals surface area contributed by atoms with Crippen LogP contribution in [0.1, 0.15) is 29.8 Å². The maximum atomic E-state index is 12.7. The van der Waals surface area contributed by atoms with Crippen molar-refractivity contribution < 1.29 is 42.9 Å². The largest absolute Gasteiger partial charge is 0.460 e. The fourth-order valence-electron chi connectivity index (χ4n) is 2.64. The van der Waals surface area contributed by atoms with E-state index in [9.17, 15) is 24.0 Å². The molecule has 2 N–H and O–H groups in total. The molecule has 0 atom stereocenters. The Bertz CT molecular complexity index is 1110. The summed E-state index contributed by atoms with van der Waals surface area (Å²) in [7, 11) is 0. The second-order valence-corrected chi connectivity index (χ2v) is 7.84. The molecule has 0 bridgehead atoms. The second-order valence-electron chi connectivity index (χ2n) is 7.84. The summed E-state index contributed by atoms with van der Waals surface area (Å²) >= 11 is 0. The molecule has 0 saturated carbocycles. The summed E-state index contributed by atoms with van der Waals surface area (Å²) in [6.07, 6.45) is -1.49. The van der Waals surface area contributed by atoms with Crippen molar-refractivity contribution in [2.75, 3.05) is 26.3 Å². The van der Waals surface area contributed by atoms with Crippen molar-refractivity contribution in [2.45, 2.75) is 13.8 Å². The summed E-state index contributed by atoms with van der Waals surface area (Å²) < 4.78 is 19.9. The molecule has 0 saturated heterocycles. The number of hydrogen-bond donors (Lipinski definition) is 2. The van der Waals surface area contributed by atoms with Crippen LogP contribution < -0.4 is 20.1 Å². The summed E-state index contributed by atoms with van der Waals surface area (Å²) in [6.45, 7) is 9.98. The van der Waals surface area contributed by atoms with Gasteiger partial charge in [0.15, 0.2) is 5.78 Å². The number of nitrogens with one attached hydrogen (secondary N) is 2. The minimum atomic E-state index is -0.747. The summed E-state index contributed by atoms with van der Waals surface area (Å²) in [5.74, 6) is -0.979. The topological polar surface area (TPSA) is 146 Å². The lowest BCUT2D eigenvalue weighted by atomic mass is 10.0. The van der Waals surface area contributed by atoms with Crippen molar-refractivity contribution in [3.05, 3.63) is 84.0 Å². The third kappa shape index (κ3) is 9.97. The highest BCUT2D eigenvalue weighted by atomic mass is 16.6. The molecule has 0 aromatic heterocycles. The molecule has 0 aliphatic heterocycles. The lowest BCUT2D eigenvalue weighted by Crippen LogP contribution is -2.30. The fraction of sp³-hybridized carbons (Fsp3) is 0.222. The van der Waals surface area contributed by atoms with Gasteiger partial charge in [0.25, 0.3) is 0 Å². The zero-order valence-corrected chi connectivity index (χ0v) is 21.0. The van der Waals surface area contributed by atoms with Gasteiger partial charge in [0.1, 0.15) is 24.7 Å². The second kappa shape index (κ2) is 14.6. The minimum absolute atomic E-state index is 0.0320. The molecule has 2 amide bonds. The summed E-state index contributed by atoms with van der Waals surface area (Å²) in [6, 6.07) is 11.8. The van der Waals surface area contributed by atoms with Crippen LogP contribution >= 0.6 is 0 Å². The molecule has 0 radical (unpaired) electrons. The van der Waals surface area contributed by atoms with Crippen LogP contribution in [0.5, 0.6) is 11.5 Å². The monoisotopic (exact) mass is 524 g/mol. The van der Waals surface area contributed by atoms with Crippen LogP contribution in [0.25, 0.3) is 0 Å². The molecule has 0 unspecified atom stereocenters. The van der Waals surface area contributed by atoms with Gasteiger partial charge in [0.05, 0.1) is 13.1 Å². The highest BCUT2D eigenvalue weighted by Crippen LogP contribution is 2.18. The number of esters is 2. The van der Waals surface area contributed by atoms with Gasteiger partial charge in [0.2, 0.25) is 0 Å². The average molecular weight is 525 g/mol. The molecule has 0 aliphatic carbocycles. The normalized spacial score (nSPS) is 9.95. The van der Waals surface area contributed by atoms with E-state index in [2.05, 4.69) is 23.8 Å². The molecule has 200 valence electrons. The Balaban J connectivity index is 1.79. The third-order valence-corrected chi connectivity index (χ3v) is 4.56. The number of ketones is 1. The van der Waals surface area contributed by atoms with Crippen molar-refractivity contribution in [3.63, 3.8) is 0 Å². The number of benzene rings is 2. The Kier molecular flexibility index (Phi) is 11.2. The molecule has 2 rings (SSSR count). The number of ether oxygens (including phenoxy) is 4. The van der Waals surface area contributed by atoms with Gasteiger partial charge in [-0.2, -0.15) is 0 Å². The smallest absolute Gasteiger partial charge is 0.412 e. The average Bonchev–Trinajstić information content (AvgIpc) is 2.89. The number of hydrogen-bond acceptors (Lipinski definition) is 9. The Hall–Kier alpha value is -4.93. The van der Waals surface area contributed by atoms with Gasteiger partial charge in [-0.05, 0) is 62.4 Å². The van der Waals surface area contributed by atoms with Crippen LogP contribution in [0.3, 0.4) is 0 Å². The lowest BCUT2D eigenvalue weighted by molar-refractivity contribution is -0.139. The first-order chi connectivity index (χ1) is 18.1. The van der Waals surface area contributed by atoms with E-state index in [4.69, 9.17) is 18.9 Å². The standard InChI is InChI=1S/C27H28N2O9/c1-17(2)24(31)35-15-13-28-26(33)37-21-9-5-19(6-10-21)23(30)20-7-11-22(12-8-20)38-27(34)29-14-16-36-25(32)18(3)4/h5-12H,1,3,13-16H2,2,4H3,(H,28,33)(H,29,34). The van der Waals surface area contributed by atoms with Gasteiger partial charge in [-0.15, -0.1) is 0 Å². The first kappa shape index (κ1) is 29.3. The van der Waals surface area contributed by atoms with E-state index in [0.717, 1.165) is 0 Å². The molecule has 11 nitrogen and oxygen atoms in total. The van der Waals surface area contributed by atoms with Crippen LogP contribution in [-0.4, -0.2) is 56.2 Å². The molecule has 0 heterocycles. The first-order valence-corrected chi connectivity index (χ1v) is 11.4. The van der Waals surface area contributed by atoms with Crippen LogP contribution in [0.15, 0.2) is 72.8 Å². The Morgan fingerprint density at radius 1 is 0.632 bits per heavy atom. The number of amides is 2. The highest BCUT2D eigenvalue weighted by molar-refractivity contribution is 6.09. The molecule has 0 fully saturated rings. The van der Waals surface area contributed by atoms with Gasteiger partial charge in [-0.25, -0.2) is 19.2 Å². The van der Waals surface area contributed by atoms with E-state index >= 15 is 0 Å². The van der Waals surface area contributed by atoms with Crippen LogP contribution in [0, 0.1) is 0 Å². The quantitative estimate of drug-likeness (QED) is 0.185. The highest BCUT2D eigenvalue weighted by Gasteiger charge is 2.12. The zero-order valence-electron chi connectivity index (χ0n) is 21.0. The predicted octanol–water partition coefficient (Wildman–Crippen LogP) is 3.33. The Morgan fingerprint density at radius 2 is 0.974 bits per heavy atom. The molecule has 38 heavy (non-hydrogen) atoms. The van der Waals surface area contributed by atoms with Gasteiger partial charge >= 0.3 is 24.1 Å². The maximum Gasteiger partial charge on any atom is 0.412 e. The third-order valence-electron chi connectivity index (χ3n) is 4.56. The van der Waals surface area contributed by atoms with Gasteiger partial charge in [-0.1, -0.05) is 13.2 Å². The number of rotatable bonds is 12. The van der Waals surface area contributed by atoms with E-state index in [1.807, 2.05) is 0 Å². The van der Waals surface area contributed by atoms with Crippen molar-refractivity contribution in [1.29, 1.82) is 0 Å². The van der Waals surface area contributed by atoms with Crippen LogP contribution in [0.2, 0.25) is 0 Å². The fourth-order valence-corrected chi connectivity index (χ4v) is 2.64. The van der Waals surface area contributed by atoms with E-state index in [1.165, 1.54) is 62.4 Å². The molecular formula is C27H28N2O9. The molecule has 2 aromatic carbocycles. The number of carbonyl (C=O) groups is 5. The lowest BCUT2D eigenvalue weighted by Gasteiger charge is -2.09. The van der Waals surface area contributed by atoms with Gasteiger partial charge in [0, 0.05) is 22.3 Å². The van der Waals surface area contributed by atoms with Crippen LogP contribution in [-0.2, 0) is 19.1 Å². The van der Waals surface area contributed by atoms with Crippen molar-refractivity contribution in [1.82, 2.24) is 10.6 Å². The predicted molar refractivity (Wildman–Crippen MR) is 136 cm³/mol. The Labute approximate surface area is 219 Å². The summed E-state index contributed by atoms with van der Waals surface area (Å²) in [5, 5.41) is 4.86. The molecular weight excluding hydrogens is 496 g/mol. The van der Waals surface area contributed by atoms with Gasteiger partial charge < -0.3 is 29.6 Å². The maximum absolute atomic E-state index is 12.7. The SMILES string of the molecule is C=C(C)C(=O)OCCNC(=O)Oc1ccc(C(=O)c2ccc(OC(=O)NCCOC(=O)C(=C)C)cc2)cc1. The van der Waals surface area contributed by atoms with Gasteiger partial charge in [-0.3, -0.25) is 4.79 Å². The van der Waals surface area contributed by atoms with E-state index in [0.29, 0.717) is 11.1 Å². The van der Waals surface area contributed by atoms with Crippen molar-refractivity contribution in [3.8, 4) is 11.5 Å². The molecule has 0 spiro atoms. The molecule has 0 aliphatic rings. The zero-order chi connectivity index (χ0) is 28.1. The van der Waals surface area contributed by atoms with E-state index in [-0.39, 0.29) is 54.7 Å². The summed E-state index contributed by atoms with van der Waals surface area (Å²) in [5.41, 5.74) is 1.21. The summed E-state index contributed by atoms with van der Waals surface area (Å²) in [4.78, 5) is 59.0.